The lowest BCUT2D eigenvalue weighted by molar-refractivity contribution is -0.125. The van der Waals surface area contributed by atoms with Gasteiger partial charge in [0.15, 0.2) is 0 Å². The van der Waals surface area contributed by atoms with E-state index in [1.165, 1.54) is 4.90 Å². The number of piperidine rings is 1. The van der Waals surface area contributed by atoms with Gasteiger partial charge in [-0.1, -0.05) is 42.5 Å². The lowest BCUT2D eigenvalue weighted by atomic mass is 10.0. The molecule has 2 aliphatic heterocycles. The first kappa shape index (κ1) is 18.9. The number of urea groups is 1. The van der Waals surface area contributed by atoms with Crippen molar-refractivity contribution in [2.24, 2.45) is 0 Å². The molecule has 0 aromatic heterocycles. The van der Waals surface area contributed by atoms with Crippen LogP contribution >= 0.6 is 0 Å². The molecule has 0 spiro atoms. The van der Waals surface area contributed by atoms with Crippen LogP contribution < -0.4 is 0 Å². The molecule has 30 heavy (non-hydrogen) atoms. The zero-order valence-corrected chi connectivity index (χ0v) is 16.9. The van der Waals surface area contributed by atoms with Gasteiger partial charge in [-0.05, 0) is 48.9 Å². The molecule has 4 amide bonds. The molecule has 3 fully saturated rings. The van der Waals surface area contributed by atoms with E-state index < -0.39 is 0 Å². The van der Waals surface area contributed by atoms with E-state index in [-0.39, 0.29) is 36.5 Å². The van der Waals surface area contributed by atoms with E-state index in [4.69, 9.17) is 0 Å². The van der Waals surface area contributed by atoms with Crippen LogP contribution in [0.2, 0.25) is 0 Å². The van der Waals surface area contributed by atoms with Crippen LogP contribution in [0.4, 0.5) is 4.79 Å². The summed E-state index contributed by atoms with van der Waals surface area (Å²) < 4.78 is 0. The maximum Gasteiger partial charge on any atom is 0.327 e. The van der Waals surface area contributed by atoms with Crippen molar-refractivity contribution in [2.75, 3.05) is 19.6 Å². The SMILES string of the molecule is O=C(c1ccc(-c2ccccc2)cc1)N1CCC(N2CC(=O)N(C3CC3)C2=O)CC1. The van der Waals surface area contributed by atoms with Gasteiger partial charge in [-0.2, -0.15) is 0 Å². The number of hydrogen-bond acceptors (Lipinski definition) is 3. The van der Waals surface area contributed by atoms with Gasteiger partial charge in [-0.25, -0.2) is 4.79 Å². The molecule has 1 aliphatic carbocycles. The largest absolute Gasteiger partial charge is 0.338 e. The number of carbonyl (C=O) groups is 3. The minimum Gasteiger partial charge on any atom is -0.338 e. The Hall–Kier alpha value is -3.15. The third-order valence-electron chi connectivity index (χ3n) is 6.37. The Bertz CT molecular complexity index is 961. The highest BCUT2D eigenvalue weighted by Gasteiger charge is 2.47. The number of hydrogen-bond donors (Lipinski definition) is 0. The first-order valence-electron chi connectivity index (χ1n) is 10.7. The average Bonchev–Trinajstić information content (AvgIpc) is 3.58. The molecule has 0 N–H and O–H groups in total. The van der Waals surface area contributed by atoms with Crippen molar-refractivity contribution in [3.05, 3.63) is 60.2 Å². The van der Waals surface area contributed by atoms with Gasteiger partial charge in [0.1, 0.15) is 6.54 Å². The lowest BCUT2D eigenvalue weighted by Crippen LogP contribution is -2.48. The van der Waals surface area contributed by atoms with E-state index in [9.17, 15) is 14.4 Å². The van der Waals surface area contributed by atoms with Crippen molar-refractivity contribution in [1.82, 2.24) is 14.7 Å². The summed E-state index contributed by atoms with van der Waals surface area (Å²) in [7, 11) is 0. The fourth-order valence-corrected chi connectivity index (χ4v) is 4.51. The number of amides is 4. The monoisotopic (exact) mass is 403 g/mol. The molecule has 0 radical (unpaired) electrons. The molecule has 0 bridgehead atoms. The van der Waals surface area contributed by atoms with Crippen LogP contribution in [0.15, 0.2) is 54.6 Å². The van der Waals surface area contributed by atoms with Crippen LogP contribution in [0.1, 0.15) is 36.0 Å². The molecule has 154 valence electrons. The Kier molecular flexibility index (Phi) is 4.77. The highest BCUT2D eigenvalue weighted by molar-refractivity contribution is 6.02. The smallest absolute Gasteiger partial charge is 0.327 e. The second kappa shape index (κ2) is 7.59. The molecule has 2 aromatic carbocycles. The Morgan fingerprint density at radius 1 is 0.767 bits per heavy atom. The minimum absolute atomic E-state index is 0.0245. The van der Waals surface area contributed by atoms with E-state index in [1.54, 1.807) is 4.90 Å². The summed E-state index contributed by atoms with van der Waals surface area (Å²) >= 11 is 0. The summed E-state index contributed by atoms with van der Waals surface area (Å²) in [6.07, 6.45) is 3.29. The van der Waals surface area contributed by atoms with Crippen molar-refractivity contribution in [3.63, 3.8) is 0 Å². The van der Waals surface area contributed by atoms with E-state index in [0.717, 1.165) is 24.0 Å². The zero-order valence-electron chi connectivity index (χ0n) is 16.9. The number of likely N-dealkylation sites (tertiary alicyclic amines) is 1. The Labute approximate surface area is 176 Å². The van der Waals surface area contributed by atoms with Gasteiger partial charge in [0.05, 0.1) is 0 Å². The quantitative estimate of drug-likeness (QED) is 0.736. The zero-order chi connectivity index (χ0) is 20.7. The predicted molar refractivity (Wildman–Crippen MR) is 113 cm³/mol. The number of benzene rings is 2. The van der Waals surface area contributed by atoms with E-state index in [0.29, 0.717) is 31.5 Å². The first-order chi connectivity index (χ1) is 14.6. The summed E-state index contributed by atoms with van der Waals surface area (Å²) in [5.41, 5.74) is 2.89. The van der Waals surface area contributed by atoms with Crippen molar-refractivity contribution in [2.45, 2.75) is 37.8 Å². The molecule has 1 saturated carbocycles. The molecule has 2 aromatic rings. The number of nitrogens with zero attached hydrogens (tertiary/aromatic N) is 3. The maximum absolute atomic E-state index is 12.9. The molecular weight excluding hydrogens is 378 g/mol. The van der Waals surface area contributed by atoms with Gasteiger partial charge >= 0.3 is 6.03 Å². The van der Waals surface area contributed by atoms with Crippen molar-refractivity contribution < 1.29 is 14.4 Å². The van der Waals surface area contributed by atoms with Crippen molar-refractivity contribution in [1.29, 1.82) is 0 Å². The summed E-state index contributed by atoms with van der Waals surface area (Å²) in [5.74, 6) is -0.0454. The summed E-state index contributed by atoms with van der Waals surface area (Å²) in [6, 6.07) is 17.8. The van der Waals surface area contributed by atoms with Gasteiger partial charge in [0.2, 0.25) is 0 Å². The summed E-state index contributed by atoms with van der Waals surface area (Å²) in [5, 5.41) is 0. The molecule has 0 atom stereocenters. The highest BCUT2D eigenvalue weighted by atomic mass is 16.2. The molecule has 5 rings (SSSR count). The molecule has 2 heterocycles. The van der Waals surface area contributed by atoms with E-state index >= 15 is 0 Å². The molecule has 0 unspecified atom stereocenters. The molecular formula is C24H25N3O3. The molecule has 6 heteroatoms. The van der Waals surface area contributed by atoms with Crippen LogP contribution in [0.5, 0.6) is 0 Å². The number of carbonyl (C=O) groups excluding carboxylic acids is 3. The van der Waals surface area contributed by atoms with Crippen LogP contribution in [0, 0.1) is 0 Å². The van der Waals surface area contributed by atoms with Crippen molar-refractivity contribution in [3.8, 4) is 11.1 Å². The predicted octanol–water partition coefficient (Wildman–Crippen LogP) is 3.38. The number of imide groups is 1. The van der Waals surface area contributed by atoms with Gasteiger partial charge in [-0.3, -0.25) is 14.5 Å². The molecule has 2 saturated heterocycles. The van der Waals surface area contributed by atoms with Crippen LogP contribution in [-0.4, -0.2) is 64.3 Å². The second-order valence-electron chi connectivity index (χ2n) is 8.37. The average molecular weight is 403 g/mol. The van der Waals surface area contributed by atoms with Crippen molar-refractivity contribution >= 4 is 17.8 Å². The first-order valence-corrected chi connectivity index (χ1v) is 10.7. The normalized spacial score (nSPS) is 20.2. The van der Waals surface area contributed by atoms with Gasteiger partial charge in [-0.15, -0.1) is 0 Å². The van der Waals surface area contributed by atoms with Gasteiger partial charge in [0.25, 0.3) is 11.8 Å². The van der Waals surface area contributed by atoms with E-state index in [1.807, 2.05) is 47.4 Å². The molecule has 3 aliphatic rings. The summed E-state index contributed by atoms with van der Waals surface area (Å²) in [6.45, 7) is 1.39. The topological polar surface area (TPSA) is 60.9 Å². The minimum atomic E-state index is -0.135. The third kappa shape index (κ3) is 3.47. The molecule has 6 nitrogen and oxygen atoms in total. The third-order valence-corrected chi connectivity index (χ3v) is 6.37. The van der Waals surface area contributed by atoms with Crippen LogP contribution in [0.25, 0.3) is 11.1 Å². The Morgan fingerprint density at radius 2 is 1.40 bits per heavy atom. The fraction of sp³-hybridized carbons (Fsp3) is 0.375. The van der Waals surface area contributed by atoms with Crippen LogP contribution in [0.3, 0.4) is 0 Å². The summed E-state index contributed by atoms with van der Waals surface area (Å²) in [4.78, 5) is 42.8. The standard InChI is InChI=1S/C24H25N3O3/c28-22-16-26(24(30)27(22)21-10-11-21)20-12-14-25(15-13-20)23(29)19-8-6-18(7-9-19)17-4-2-1-3-5-17/h1-9,20-21H,10-16H2. The second-order valence-corrected chi connectivity index (χ2v) is 8.37. The maximum atomic E-state index is 12.9. The van der Waals surface area contributed by atoms with Gasteiger partial charge < -0.3 is 9.80 Å². The van der Waals surface area contributed by atoms with Crippen LogP contribution in [-0.2, 0) is 4.79 Å². The Morgan fingerprint density at radius 3 is 2.03 bits per heavy atom. The Balaban J connectivity index is 1.20. The lowest BCUT2D eigenvalue weighted by Gasteiger charge is -2.36. The fourth-order valence-electron chi connectivity index (χ4n) is 4.51. The highest BCUT2D eigenvalue weighted by Crippen LogP contribution is 2.32. The number of rotatable bonds is 4. The van der Waals surface area contributed by atoms with E-state index in [2.05, 4.69) is 12.1 Å². The van der Waals surface area contributed by atoms with Gasteiger partial charge in [0, 0.05) is 30.7 Å².